The lowest BCUT2D eigenvalue weighted by Gasteiger charge is -2.10. The molecule has 1 aromatic heterocycles. The zero-order valence-electron chi connectivity index (χ0n) is 15.4. The Bertz CT molecular complexity index is 1110. The molecule has 4 rings (SSSR count). The van der Waals surface area contributed by atoms with Crippen molar-refractivity contribution in [3.63, 3.8) is 0 Å². The summed E-state index contributed by atoms with van der Waals surface area (Å²) in [5.74, 6) is 1.11. The predicted octanol–water partition coefficient (Wildman–Crippen LogP) is 4.54. The van der Waals surface area contributed by atoms with Crippen molar-refractivity contribution in [1.29, 1.82) is 0 Å². The summed E-state index contributed by atoms with van der Waals surface area (Å²) >= 11 is 0. The van der Waals surface area contributed by atoms with E-state index in [1.54, 1.807) is 12.4 Å². The van der Waals surface area contributed by atoms with E-state index in [0.29, 0.717) is 12.6 Å². The number of aromatic nitrogens is 3. The van der Waals surface area contributed by atoms with Crippen molar-refractivity contribution < 1.29 is 4.74 Å². The largest absolute Gasteiger partial charge is 0.493 e. The molecule has 28 heavy (non-hydrogen) atoms. The van der Waals surface area contributed by atoms with Crippen molar-refractivity contribution in [3.05, 3.63) is 78.5 Å². The second kappa shape index (κ2) is 8.26. The first kappa shape index (κ1) is 17.6. The molecule has 0 fully saturated rings. The van der Waals surface area contributed by atoms with E-state index in [0.717, 1.165) is 33.3 Å². The van der Waals surface area contributed by atoms with Gasteiger partial charge in [-0.05, 0) is 23.8 Å². The van der Waals surface area contributed by atoms with Crippen LogP contribution in [-0.2, 0) is 0 Å². The predicted molar refractivity (Wildman–Crippen MR) is 112 cm³/mol. The van der Waals surface area contributed by atoms with Gasteiger partial charge in [0.25, 0.3) is 5.95 Å². The average molecular weight is 369 g/mol. The van der Waals surface area contributed by atoms with Gasteiger partial charge < -0.3 is 4.74 Å². The molecule has 6 heteroatoms. The van der Waals surface area contributed by atoms with Gasteiger partial charge in [-0.3, -0.25) is 0 Å². The summed E-state index contributed by atoms with van der Waals surface area (Å²) in [6, 6.07) is 21.9. The number of nitrogens with zero attached hydrogens (tertiary/aromatic N) is 4. The highest BCUT2D eigenvalue weighted by Gasteiger charge is 2.07. The van der Waals surface area contributed by atoms with Gasteiger partial charge in [-0.25, -0.2) is 10.4 Å². The quantitative estimate of drug-likeness (QED) is 0.399. The Morgan fingerprint density at radius 1 is 1.00 bits per heavy atom. The van der Waals surface area contributed by atoms with E-state index >= 15 is 0 Å². The Labute approximate surface area is 162 Å². The maximum atomic E-state index is 5.76. The lowest BCUT2D eigenvalue weighted by Crippen LogP contribution is -2.01. The van der Waals surface area contributed by atoms with Crippen LogP contribution in [0.5, 0.6) is 5.75 Å². The molecule has 0 saturated heterocycles. The van der Waals surface area contributed by atoms with E-state index in [1.807, 2.05) is 67.6 Å². The first-order valence-corrected chi connectivity index (χ1v) is 9.04. The van der Waals surface area contributed by atoms with Gasteiger partial charge in [0, 0.05) is 11.1 Å². The molecule has 1 N–H and O–H groups in total. The molecule has 138 valence electrons. The fourth-order valence-electron chi connectivity index (χ4n) is 2.94. The van der Waals surface area contributed by atoms with E-state index in [1.165, 1.54) is 0 Å². The topological polar surface area (TPSA) is 72.3 Å². The molecule has 0 spiro atoms. The van der Waals surface area contributed by atoms with Crippen LogP contribution in [-0.4, -0.2) is 28.0 Å². The average Bonchev–Trinajstić information content (AvgIpc) is 2.76. The molecule has 4 aromatic rings. The molecule has 0 aliphatic rings. The van der Waals surface area contributed by atoms with Gasteiger partial charge in [0.05, 0.1) is 24.7 Å². The maximum Gasteiger partial charge on any atom is 0.263 e. The molecule has 0 saturated carbocycles. The van der Waals surface area contributed by atoms with Gasteiger partial charge in [-0.2, -0.15) is 10.2 Å². The lowest BCUT2D eigenvalue weighted by molar-refractivity contribution is 0.340. The van der Waals surface area contributed by atoms with Crippen molar-refractivity contribution >= 4 is 22.9 Å². The summed E-state index contributed by atoms with van der Waals surface area (Å²) in [6.45, 7) is 2.54. The molecule has 6 nitrogen and oxygen atoms in total. The molecule has 0 radical (unpaired) electrons. The van der Waals surface area contributed by atoms with Gasteiger partial charge in [0.15, 0.2) is 0 Å². The normalized spacial score (nSPS) is 11.0. The van der Waals surface area contributed by atoms with Crippen LogP contribution >= 0.6 is 0 Å². The molecule has 0 unspecified atom stereocenters. The van der Waals surface area contributed by atoms with Gasteiger partial charge in [0.1, 0.15) is 5.75 Å². The number of ether oxygens (including phenoxy) is 1. The zero-order chi connectivity index (χ0) is 19.2. The maximum absolute atomic E-state index is 5.76. The van der Waals surface area contributed by atoms with Gasteiger partial charge in [-0.15, -0.1) is 5.10 Å². The standard InChI is InChI=1S/C22H19N5O/c1-2-28-21-13-12-16-8-6-7-11-18(16)19(21)14-23-26-22-25-20(15-24-27-22)17-9-4-3-5-10-17/h3-15H,2H2,1H3,(H,25,26,27)/b23-14+. The number of hydrogen-bond donors (Lipinski definition) is 1. The Hall–Kier alpha value is -3.80. The highest BCUT2D eigenvalue weighted by atomic mass is 16.5. The molecule has 0 amide bonds. The molecule has 0 aliphatic heterocycles. The van der Waals surface area contributed by atoms with Crippen molar-refractivity contribution in [2.75, 3.05) is 12.0 Å². The fraction of sp³-hybridized carbons (Fsp3) is 0.0909. The van der Waals surface area contributed by atoms with Crippen molar-refractivity contribution in [2.45, 2.75) is 6.92 Å². The van der Waals surface area contributed by atoms with Crippen molar-refractivity contribution in [3.8, 4) is 17.0 Å². The summed E-state index contributed by atoms with van der Waals surface area (Å²) < 4.78 is 5.76. The summed E-state index contributed by atoms with van der Waals surface area (Å²) in [5.41, 5.74) is 5.47. The van der Waals surface area contributed by atoms with Crippen LogP contribution in [0, 0.1) is 0 Å². The highest BCUT2D eigenvalue weighted by Crippen LogP contribution is 2.26. The third-order valence-corrected chi connectivity index (χ3v) is 4.22. The van der Waals surface area contributed by atoms with Crippen LogP contribution in [0.15, 0.2) is 78.0 Å². The Morgan fingerprint density at radius 3 is 2.68 bits per heavy atom. The van der Waals surface area contributed by atoms with Crippen molar-refractivity contribution in [1.82, 2.24) is 15.2 Å². The molecule has 0 aliphatic carbocycles. The molecule has 0 bridgehead atoms. The fourth-order valence-corrected chi connectivity index (χ4v) is 2.94. The minimum Gasteiger partial charge on any atom is -0.493 e. The first-order valence-electron chi connectivity index (χ1n) is 9.04. The van der Waals surface area contributed by atoms with E-state index in [4.69, 9.17) is 4.74 Å². The number of nitrogens with one attached hydrogen (secondary N) is 1. The number of rotatable bonds is 6. The van der Waals surface area contributed by atoms with E-state index < -0.39 is 0 Å². The van der Waals surface area contributed by atoms with Crippen molar-refractivity contribution in [2.24, 2.45) is 5.10 Å². The second-order valence-corrected chi connectivity index (χ2v) is 6.03. The van der Waals surface area contributed by atoms with Crippen LogP contribution < -0.4 is 10.2 Å². The van der Waals surface area contributed by atoms with Gasteiger partial charge >= 0.3 is 0 Å². The van der Waals surface area contributed by atoms with Crippen LogP contribution in [0.4, 0.5) is 5.95 Å². The molecule has 3 aromatic carbocycles. The lowest BCUT2D eigenvalue weighted by atomic mass is 10.0. The van der Waals surface area contributed by atoms with Crippen LogP contribution in [0.3, 0.4) is 0 Å². The minimum absolute atomic E-state index is 0.329. The molecule has 0 atom stereocenters. The molecular formula is C22H19N5O. The number of anilines is 1. The van der Waals surface area contributed by atoms with Crippen LogP contribution in [0.2, 0.25) is 0 Å². The Balaban J connectivity index is 1.61. The summed E-state index contributed by atoms with van der Waals surface area (Å²) in [4.78, 5) is 4.47. The monoisotopic (exact) mass is 369 g/mol. The molecule has 1 heterocycles. The highest BCUT2D eigenvalue weighted by molar-refractivity contribution is 6.02. The Kier molecular flexibility index (Phi) is 5.20. The van der Waals surface area contributed by atoms with Crippen LogP contribution in [0.1, 0.15) is 12.5 Å². The van der Waals surface area contributed by atoms with Gasteiger partial charge in [-0.1, -0.05) is 60.7 Å². The minimum atomic E-state index is 0.329. The van der Waals surface area contributed by atoms with E-state index in [-0.39, 0.29) is 0 Å². The van der Waals surface area contributed by atoms with Crippen LogP contribution in [0.25, 0.3) is 22.0 Å². The number of benzene rings is 3. The smallest absolute Gasteiger partial charge is 0.263 e. The number of hydrazone groups is 1. The number of hydrogen-bond acceptors (Lipinski definition) is 6. The van der Waals surface area contributed by atoms with E-state index in [9.17, 15) is 0 Å². The van der Waals surface area contributed by atoms with E-state index in [2.05, 4.69) is 31.8 Å². The SMILES string of the molecule is CCOc1ccc2ccccc2c1/C=N/Nc1nncc(-c2ccccc2)n1. The summed E-state index contributed by atoms with van der Waals surface area (Å²) in [5, 5.41) is 14.5. The zero-order valence-corrected chi connectivity index (χ0v) is 15.4. The number of fused-ring (bicyclic) bond motifs is 1. The first-order chi connectivity index (χ1) is 13.8. The van der Waals surface area contributed by atoms with Gasteiger partial charge in [0.2, 0.25) is 0 Å². The molecular weight excluding hydrogens is 350 g/mol. The third kappa shape index (κ3) is 3.81. The third-order valence-electron chi connectivity index (χ3n) is 4.22. The second-order valence-electron chi connectivity index (χ2n) is 6.03. The summed E-state index contributed by atoms with van der Waals surface area (Å²) in [6.07, 6.45) is 3.36. The summed E-state index contributed by atoms with van der Waals surface area (Å²) in [7, 11) is 0. The Morgan fingerprint density at radius 2 is 1.82 bits per heavy atom.